The van der Waals surface area contributed by atoms with Crippen molar-refractivity contribution in [1.82, 2.24) is 10.2 Å². The maximum atomic E-state index is 13.1. The number of benzene rings is 2. The van der Waals surface area contributed by atoms with Crippen LogP contribution in [-0.2, 0) is 18.4 Å². The highest BCUT2D eigenvalue weighted by Gasteiger charge is 2.29. The molecule has 150 valence electrons. The van der Waals surface area contributed by atoms with Crippen molar-refractivity contribution in [3.63, 3.8) is 0 Å². The first-order chi connectivity index (χ1) is 13.9. The number of carbonyl (C=O) groups is 1. The van der Waals surface area contributed by atoms with Crippen LogP contribution in [0.5, 0.6) is 0 Å². The lowest BCUT2D eigenvalue weighted by atomic mass is 9.80. The van der Waals surface area contributed by atoms with Crippen LogP contribution in [0.15, 0.2) is 36.4 Å². The molecule has 1 amide bonds. The fourth-order valence-electron chi connectivity index (χ4n) is 4.47. The molecule has 4 nitrogen and oxygen atoms in total. The van der Waals surface area contributed by atoms with Gasteiger partial charge >= 0.3 is 0 Å². The summed E-state index contributed by atoms with van der Waals surface area (Å²) in [6, 6.07) is 14.2. The van der Waals surface area contributed by atoms with Crippen LogP contribution in [0.25, 0.3) is 0 Å². The molecule has 1 N–H and O–H groups in total. The van der Waals surface area contributed by atoms with Crippen LogP contribution in [0.4, 0.5) is 0 Å². The number of rotatable bonds is 2. The Balaban J connectivity index is 1.66. The summed E-state index contributed by atoms with van der Waals surface area (Å²) in [5.41, 5.74) is 6.80. The number of amides is 1. The molecule has 0 radical (unpaired) electrons. The van der Waals surface area contributed by atoms with Gasteiger partial charge in [0.2, 0.25) is 0 Å². The molecule has 0 spiro atoms. The number of hydrogen-bond acceptors (Lipinski definition) is 3. The lowest BCUT2D eigenvalue weighted by Gasteiger charge is -2.33. The first kappa shape index (κ1) is 19.7. The zero-order valence-corrected chi connectivity index (χ0v) is 17.6. The molecule has 4 heteroatoms. The third-order valence-electron chi connectivity index (χ3n) is 6.22. The van der Waals surface area contributed by atoms with E-state index in [0.717, 1.165) is 19.5 Å². The predicted octanol–water partition coefficient (Wildman–Crippen LogP) is 4.48. The van der Waals surface area contributed by atoms with Gasteiger partial charge in [0.15, 0.2) is 0 Å². The van der Waals surface area contributed by atoms with Crippen LogP contribution in [-0.4, -0.2) is 23.9 Å². The van der Waals surface area contributed by atoms with E-state index in [1.54, 1.807) is 24.3 Å². The number of nitriles is 1. The molecule has 0 saturated carbocycles. The lowest BCUT2D eigenvalue weighted by molar-refractivity contribution is 0.0734. The quantitative estimate of drug-likeness (QED) is 0.827. The average Bonchev–Trinajstić information content (AvgIpc) is 3.26. The molecule has 29 heavy (non-hydrogen) atoms. The fraction of sp³-hybridized carbons (Fsp3) is 0.440. The summed E-state index contributed by atoms with van der Waals surface area (Å²) in [5, 5.41) is 12.6. The lowest BCUT2D eigenvalue weighted by Crippen LogP contribution is -2.37. The Labute approximate surface area is 173 Å². The van der Waals surface area contributed by atoms with Crippen LogP contribution in [0, 0.1) is 11.3 Å². The van der Waals surface area contributed by atoms with Crippen LogP contribution < -0.4 is 5.32 Å². The average molecular weight is 388 g/mol. The molecule has 1 saturated heterocycles. The summed E-state index contributed by atoms with van der Waals surface area (Å²) < 4.78 is 0. The van der Waals surface area contributed by atoms with E-state index >= 15 is 0 Å². The third-order valence-corrected chi connectivity index (χ3v) is 6.22. The Hall–Kier alpha value is -2.64. The molecule has 2 aliphatic heterocycles. The van der Waals surface area contributed by atoms with Gasteiger partial charge in [0, 0.05) is 24.7 Å². The van der Waals surface area contributed by atoms with E-state index in [1.807, 2.05) is 4.90 Å². The Morgan fingerprint density at radius 1 is 1.21 bits per heavy atom. The molecule has 2 aromatic carbocycles. The Kier molecular flexibility index (Phi) is 5.19. The van der Waals surface area contributed by atoms with Crippen molar-refractivity contribution in [2.45, 2.75) is 58.0 Å². The van der Waals surface area contributed by atoms with Crippen molar-refractivity contribution in [3.8, 4) is 6.07 Å². The van der Waals surface area contributed by atoms with Gasteiger partial charge in [-0.15, -0.1) is 0 Å². The Bertz CT molecular complexity index is 957. The van der Waals surface area contributed by atoms with E-state index in [9.17, 15) is 4.79 Å². The highest BCUT2D eigenvalue weighted by molar-refractivity contribution is 5.94. The largest absolute Gasteiger partial charge is 0.334 e. The van der Waals surface area contributed by atoms with E-state index in [1.165, 1.54) is 35.1 Å². The van der Waals surface area contributed by atoms with Crippen LogP contribution in [0.1, 0.15) is 77.8 Å². The molecule has 0 aliphatic carbocycles. The van der Waals surface area contributed by atoms with Gasteiger partial charge in [-0.25, -0.2) is 0 Å². The maximum absolute atomic E-state index is 13.1. The smallest absolute Gasteiger partial charge is 0.254 e. The topological polar surface area (TPSA) is 56.1 Å². The van der Waals surface area contributed by atoms with Crippen molar-refractivity contribution in [1.29, 1.82) is 5.26 Å². The number of carbonyl (C=O) groups excluding carboxylic acids is 1. The zero-order chi connectivity index (χ0) is 20.6. The summed E-state index contributed by atoms with van der Waals surface area (Å²) in [6.07, 6.45) is 3.31. The van der Waals surface area contributed by atoms with Gasteiger partial charge in [-0.3, -0.25) is 4.79 Å². The fourth-order valence-corrected chi connectivity index (χ4v) is 4.47. The van der Waals surface area contributed by atoms with Gasteiger partial charge in [0.1, 0.15) is 0 Å². The minimum atomic E-state index is 0.0434. The van der Waals surface area contributed by atoms with E-state index < -0.39 is 0 Å². The molecule has 2 aliphatic rings. The SMILES string of the molecule is CC(C)(C)c1cc2c(c([C@@H]3CCCN3)c1)CCN(C(=O)c1ccc(C#N)cc1)C2. The predicted molar refractivity (Wildman–Crippen MR) is 115 cm³/mol. The summed E-state index contributed by atoms with van der Waals surface area (Å²) in [7, 11) is 0. The van der Waals surface area contributed by atoms with Crippen molar-refractivity contribution in [3.05, 3.63) is 69.8 Å². The number of nitrogens with zero attached hydrogens (tertiary/aromatic N) is 2. The van der Waals surface area contributed by atoms with E-state index in [2.05, 4.69) is 44.3 Å². The second kappa shape index (κ2) is 7.65. The minimum absolute atomic E-state index is 0.0434. The first-order valence-electron chi connectivity index (χ1n) is 10.6. The molecule has 2 aromatic rings. The second-order valence-corrected chi connectivity index (χ2v) is 9.27. The van der Waals surface area contributed by atoms with Crippen molar-refractivity contribution >= 4 is 5.91 Å². The minimum Gasteiger partial charge on any atom is -0.334 e. The first-order valence-corrected chi connectivity index (χ1v) is 10.6. The van der Waals surface area contributed by atoms with E-state index in [0.29, 0.717) is 23.7 Å². The molecule has 1 fully saturated rings. The van der Waals surface area contributed by atoms with Crippen LogP contribution in [0.2, 0.25) is 0 Å². The van der Waals surface area contributed by atoms with Gasteiger partial charge in [0.05, 0.1) is 11.6 Å². The summed E-state index contributed by atoms with van der Waals surface area (Å²) in [6.45, 7) is 9.23. The van der Waals surface area contributed by atoms with Gasteiger partial charge in [-0.05, 0) is 77.7 Å². The number of hydrogen-bond donors (Lipinski definition) is 1. The maximum Gasteiger partial charge on any atom is 0.254 e. The molecule has 2 heterocycles. The van der Waals surface area contributed by atoms with Crippen LogP contribution in [0.3, 0.4) is 0 Å². The second-order valence-electron chi connectivity index (χ2n) is 9.27. The standard InChI is InChI=1S/C25H29N3O/c1-25(2,3)20-13-19-16-28(24(29)18-8-6-17(15-26)7-9-18)12-10-21(19)22(14-20)23-5-4-11-27-23/h6-9,13-14,23,27H,4-5,10-12,16H2,1-3H3/t23-/m0/s1. The van der Waals surface area contributed by atoms with Gasteiger partial charge in [-0.2, -0.15) is 5.26 Å². The molecule has 0 aromatic heterocycles. The Morgan fingerprint density at radius 2 is 1.97 bits per heavy atom. The molecule has 1 atom stereocenters. The number of nitrogens with one attached hydrogen (secondary N) is 1. The van der Waals surface area contributed by atoms with E-state index in [4.69, 9.17) is 5.26 Å². The normalized spacial score (nSPS) is 19.0. The molecular weight excluding hydrogens is 358 g/mol. The third kappa shape index (κ3) is 3.93. The molecule has 4 rings (SSSR count). The van der Waals surface area contributed by atoms with Gasteiger partial charge in [-0.1, -0.05) is 32.9 Å². The monoisotopic (exact) mass is 387 g/mol. The van der Waals surface area contributed by atoms with Crippen molar-refractivity contribution in [2.24, 2.45) is 0 Å². The molecule has 0 bridgehead atoms. The summed E-state index contributed by atoms with van der Waals surface area (Å²) in [5.74, 6) is 0.0434. The van der Waals surface area contributed by atoms with Crippen molar-refractivity contribution < 1.29 is 4.79 Å². The van der Waals surface area contributed by atoms with E-state index in [-0.39, 0.29) is 11.3 Å². The van der Waals surface area contributed by atoms with Crippen LogP contribution >= 0.6 is 0 Å². The highest BCUT2D eigenvalue weighted by Crippen LogP contribution is 2.36. The Morgan fingerprint density at radius 3 is 2.59 bits per heavy atom. The van der Waals surface area contributed by atoms with Gasteiger partial charge < -0.3 is 10.2 Å². The molecular formula is C25H29N3O. The van der Waals surface area contributed by atoms with Gasteiger partial charge in [0.25, 0.3) is 5.91 Å². The number of fused-ring (bicyclic) bond motifs is 1. The van der Waals surface area contributed by atoms with Crippen molar-refractivity contribution in [2.75, 3.05) is 13.1 Å². The summed E-state index contributed by atoms with van der Waals surface area (Å²) in [4.78, 5) is 15.0. The zero-order valence-electron chi connectivity index (χ0n) is 17.6. The highest BCUT2D eigenvalue weighted by atomic mass is 16.2. The molecule has 0 unspecified atom stereocenters. The summed E-state index contributed by atoms with van der Waals surface area (Å²) >= 11 is 0.